The van der Waals surface area contributed by atoms with Crippen LogP contribution < -0.4 is 10.1 Å². The summed E-state index contributed by atoms with van der Waals surface area (Å²) < 4.78 is 5.45. The summed E-state index contributed by atoms with van der Waals surface area (Å²) >= 11 is 3.03. The first kappa shape index (κ1) is 18.5. The average molecular weight is 385 g/mol. The average Bonchev–Trinajstić information content (AvgIpc) is 3.12. The molecular formula is C20H20N2O2S2. The van der Waals surface area contributed by atoms with Crippen molar-refractivity contribution in [2.45, 2.75) is 12.7 Å². The minimum absolute atomic E-state index is 0.0291. The summed E-state index contributed by atoms with van der Waals surface area (Å²) in [5.74, 6) is 2.05. The SMILES string of the molecule is CCOc1ccc(-c2csc(NC(=O)CSCc3ccccc3)n2)cc1. The number of anilines is 1. The van der Waals surface area contributed by atoms with E-state index in [-0.39, 0.29) is 5.91 Å². The molecule has 4 nitrogen and oxygen atoms in total. The van der Waals surface area contributed by atoms with E-state index in [4.69, 9.17) is 4.74 Å². The van der Waals surface area contributed by atoms with Crippen LogP contribution in [0.15, 0.2) is 60.0 Å². The number of nitrogens with one attached hydrogen (secondary N) is 1. The minimum Gasteiger partial charge on any atom is -0.494 e. The summed E-state index contributed by atoms with van der Waals surface area (Å²) in [6, 6.07) is 17.9. The maximum absolute atomic E-state index is 12.1. The molecule has 0 radical (unpaired) electrons. The minimum atomic E-state index is -0.0291. The highest BCUT2D eigenvalue weighted by atomic mass is 32.2. The van der Waals surface area contributed by atoms with E-state index in [0.29, 0.717) is 17.5 Å². The maximum atomic E-state index is 12.1. The molecule has 2 aromatic carbocycles. The van der Waals surface area contributed by atoms with Gasteiger partial charge in [0.25, 0.3) is 0 Å². The van der Waals surface area contributed by atoms with E-state index in [1.54, 1.807) is 11.8 Å². The van der Waals surface area contributed by atoms with Crippen molar-refractivity contribution in [3.05, 3.63) is 65.5 Å². The molecule has 1 amide bonds. The van der Waals surface area contributed by atoms with E-state index in [1.807, 2.05) is 54.8 Å². The quantitative estimate of drug-likeness (QED) is 0.588. The van der Waals surface area contributed by atoms with Crippen molar-refractivity contribution in [2.75, 3.05) is 17.7 Å². The molecule has 0 saturated heterocycles. The van der Waals surface area contributed by atoms with Crippen molar-refractivity contribution in [1.29, 1.82) is 0 Å². The third-order valence-electron chi connectivity index (χ3n) is 3.56. The Hall–Kier alpha value is -2.31. The molecule has 6 heteroatoms. The Kier molecular flexibility index (Phi) is 6.68. The fraction of sp³-hybridized carbons (Fsp3) is 0.200. The number of nitrogens with zero attached hydrogens (tertiary/aromatic N) is 1. The fourth-order valence-electron chi connectivity index (χ4n) is 2.34. The number of hydrogen-bond acceptors (Lipinski definition) is 5. The fourth-order valence-corrected chi connectivity index (χ4v) is 3.87. The summed E-state index contributed by atoms with van der Waals surface area (Å²) in [5, 5.41) is 5.44. The van der Waals surface area contributed by atoms with Crippen LogP contribution in [0.1, 0.15) is 12.5 Å². The van der Waals surface area contributed by atoms with Crippen LogP contribution in [0.5, 0.6) is 5.75 Å². The van der Waals surface area contributed by atoms with Crippen molar-refractivity contribution < 1.29 is 9.53 Å². The summed E-state index contributed by atoms with van der Waals surface area (Å²) in [6.45, 7) is 2.61. The molecule has 0 bridgehead atoms. The number of thioether (sulfide) groups is 1. The Balaban J connectivity index is 1.50. The Morgan fingerprint density at radius 2 is 1.92 bits per heavy atom. The zero-order valence-corrected chi connectivity index (χ0v) is 16.1. The highest BCUT2D eigenvalue weighted by molar-refractivity contribution is 7.99. The molecular weight excluding hydrogens is 364 g/mol. The molecule has 1 aromatic heterocycles. The molecule has 0 atom stereocenters. The van der Waals surface area contributed by atoms with Gasteiger partial charge in [0.05, 0.1) is 18.1 Å². The lowest BCUT2D eigenvalue weighted by atomic mass is 10.2. The molecule has 134 valence electrons. The topological polar surface area (TPSA) is 51.2 Å². The summed E-state index contributed by atoms with van der Waals surface area (Å²) in [4.78, 5) is 16.6. The third kappa shape index (κ3) is 5.34. The molecule has 0 aliphatic rings. The Labute approximate surface area is 161 Å². The van der Waals surface area contributed by atoms with Crippen LogP contribution in [0.25, 0.3) is 11.3 Å². The largest absolute Gasteiger partial charge is 0.494 e. The van der Waals surface area contributed by atoms with Crippen LogP contribution >= 0.6 is 23.1 Å². The smallest absolute Gasteiger partial charge is 0.236 e. The molecule has 3 rings (SSSR count). The van der Waals surface area contributed by atoms with Gasteiger partial charge >= 0.3 is 0 Å². The molecule has 1 N–H and O–H groups in total. The van der Waals surface area contributed by atoms with Gasteiger partial charge in [0, 0.05) is 16.7 Å². The van der Waals surface area contributed by atoms with Gasteiger partial charge < -0.3 is 10.1 Å². The summed E-state index contributed by atoms with van der Waals surface area (Å²) in [6.07, 6.45) is 0. The maximum Gasteiger partial charge on any atom is 0.236 e. The standard InChI is InChI=1S/C20H20N2O2S2/c1-2-24-17-10-8-16(9-11-17)18-13-26-20(21-18)22-19(23)14-25-12-15-6-4-3-5-7-15/h3-11,13H,2,12,14H2,1H3,(H,21,22,23). The number of hydrogen-bond donors (Lipinski definition) is 1. The van der Waals surface area contributed by atoms with Gasteiger partial charge in [0.15, 0.2) is 5.13 Å². The number of rotatable bonds is 8. The molecule has 3 aromatic rings. The molecule has 0 spiro atoms. The van der Waals surface area contributed by atoms with Crippen LogP contribution in [-0.2, 0) is 10.5 Å². The summed E-state index contributed by atoms with van der Waals surface area (Å²) in [5.41, 5.74) is 3.08. The molecule has 0 unspecified atom stereocenters. The predicted octanol–water partition coefficient (Wildman–Crippen LogP) is 5.08. The van der Waals surface area contributed by atoms with E-state index in [2.05, 4.69) is 22.4 Å². The van der Waals surface area contributed by atoms with E-state index in [0.717, 1.165) is 22.8 Å². The van der Waals surface area contributed by atoms with Crippen molar-refractivity contribution in [3.8, 4) is 17.0 Å². The zero-order valence-electron chi connectivity index (χ0n) is 14.5. The monoisotopic (exact) mass is 384 g/mol. The normalized spacial score (nSPS) is 10.5. The van der Waals surface area contributed by atoms with Crippen molar-refractivity contribution >= 4 is 34.1 Å². The second kappa shape index (κ2) is 9.40. The number of thiazole rings is 1. The number of benzene rings is 2. The van der Waals surface area contributed by atoms with E-state index in [1.165, 1.54) is 16.9 Å². The lowest BCUT2D eigenvalue weighted by Gasteiger charge is -2.03. The number of ether oxygens (including phenoxy) is 1. The van der Waals surface area contributed by atoms with Gasteiger partial charge in [0.1, 0.15) is 5.75 Å². The van der Waals surface area contributed by atoms with Gasteiger partial charge in [-0.05, 0) is 36.8 Å². The van der Waals surface area contributed by atoms with Gasteiger partial charge in [-0.2, -0.15) is 0 Å². The third-order valence-corrected chi connectivity index (χ3v) is 5.32. The number of carbonyl (C=O) groups excluding carboxylic acids is 1. The van der Waals surface area contributed by atoms with Gasteiger partial charge in [-0.3, -0.25) is 4.79 Å². The van der Waals surface area contributed by atoms with Gasteiger partial charge in [-0.1, -0.05) is 30.3 Å². The lowest BCUT2D eigenvalue weighted by molar-refractivity contribution is -0.113. The highest BCUT2D eigenvalue weighted by Gasteiger charge is 2.08. The van der Waals surface area contributed by atoms with Crippen LogP contribution in [0.4, 0.5) is 5.13 Å². The van der Waals surface area contributed by atoms with Gasteiger partial charge in [0.2, 0.25) is 5.91 Å². The van der Waals surface area contributed by atoms with E-state index < -0.39 is 0 Å². The number of aromatic nitrogens is 1. The van der Waals surface area contributed by atoms with E-state index in [9.17, 15) is 4.79 Å². The molecule has 0 aliphatic carbocycles. The summed E-state index contributed by atoms with van der Waals surface area (Å²) in [7, 11) is 0. The molecule has 0 saturated carbocycles. The first-order valence-electron chi connectivity index (χ1n) is 8.35. The zero-order chi connectivity index (χ0) is 18.2. The van der Waals surface area contributed by atoms with Gasteiger partial charge in [-0.15, -0.1) is 23.1 Å². The second-order valence-electron chi connectivity index (χ2n) is 5.52. The van der Waals surface area contributed by atoms with Crippen molar-refractivity contribution in [1.82, 2.24) is 4.98 Å². The number of carbonyl (C=O) groups is 1. The molecule has 0 fully saturated rings. The molecule has 0 aliphatic heterocycles. The van der Waals surface area contributed by atoms with Gasteiger partial charge in [-0.25, -0.2) is 4.98 Å². The highest BCUT2D eigenvalue weighted by Crippen LogP contribution is 2.26. The van der Waals surface area contributed by atoms with Crippen LogP contribution in [0.2, 0.25) is 0 Å². The molecule has 1 heterocycles. The van der Waals surface area contributed by atoms with Crippen LogP contribution in [-0.4, -0.2) is 23.3 Å². The predicted molar refractivity (Wildman–Crippen MR) is 110 cm³/mol. The Morgan fingerprint density at radius 3 is 2.65 bits per heavy atom. The van der Waals surface area contributed by atoms with E-state index >= 15 is 0 Å². The number of amides is 1. The lowest BCUT2D eigenvalue weighted by Crippen LogP contribution is -2.13. The second-order valence-corrected chi connectivity index (χ2v) is 7.37. The van der Waals surface area contributed by atoms with Crippen molar-refractivity contribution in [2.24, 2.45) is 0 Å². The first-order valence-corrected chi connectivity index (χ1v) is 10.4. The molecule has 26 heavy (non-hydrogen) atoms. The van der Waals surface area contributed by atoms with Crippen molar-refractivity contribution in [3.63, 3.8) is 0 Å². The van der Waals surface area contributed by atoms with Crippen LogP contribution in [0.3, 0.4) is 0 Å². The van der Waals surface area contributed by atoms with Crippen LogP contribution in [0, 0.1) is 0 Å². The Bertz CT molecular complexity index is 833. The first-order chi connectivity index (χ1) is 12.7. The Morgan fingerprint density at radius 1 is 1.15 bits per heavy atom.